The maximum Gasteiger partial charge on any atom is 0.522 e. The smallest absolute Gasteiger partial charge is 0.383 e. The molecule has 9 nitrogen and oxygen atoms in total. The lowest BCUT2D eigenvalue weighted by molar-refractivity contribution is -0.321. The number of benzene rings is 1. The first-order valence-corrected chi connectivity index (χ1v) is 11.8. The number of aliphatic hydroxyl groups is 1. The molecule has 0 aliphatic carbocycles. The number of carbonyl (C=O) groups is 4. The minimum absolute atomic E-state index is 0.0514. The Morgan fingerprint density at radius 2 is 1.84 bits per heavy atom. The predicted octanol–water partition coefficient (Wildman–Crippen LogP) is 1.38. The topological polar surface area (TPSA) is 134 Å². The number of rotatable bonds is 13. The van der Waals surface area contributed by atoms with Gasteiger partial charge in [0.15, 0.2) is 5.78 Å². The fourth-order valence-corrected chi connectivity index (χ4v) is 3.88. The lowest BCUT2D eigenvalue weighted by Crippen LogP contribution is -2.55. The van der Waals surface area contributed by atoms with Crippen LogP contribution in [0, 0.1) is 17.7 Å². The zero-order valence-corrected chi connectivity index (χ0v) is 20.4. The van der Waals surface area contributed by atoms with Gasteiger partial charge in [-0.05, 0) is 42.9 Å². The standard InChI is InChI=1S/C24H31F4N3O6/c1-13(2)8-19(32)23(36)31-18(10-14-4-3-5-16(25)9-14)22(35)30-17(11-15-6-7-29-21(15)34)20(33)12-37-24(26,27)28/h3-5,9,13,15,17-19,32H,6-8,10-12H2,1-2H3,(H,29,34)(H,30,35)(H,31,36)/t15-,17-,18-,19+/m0/s1. The number of Topliss-reactive ketones (excluding diaryl/α,β-unsaturated/α-hetero) is 1. The maximum absolute atomic E-state index is 13.7. The third-order valence-electron chi connectivity index (χ3n) is 5.73. The quantitative estimate of drug-likeness (QED) is 0.283. The summed E-state index contributed by atoms with van der Waals surface area (Å²) >= 11 is 0. The van der Waals surface area contributed by atoms with Crippen LogP contribution in [0.15, 0.2) is 24.3 Å². The Morgan fingerprint density at radius 1 is 1.16 bits per heavy atom. The van der Waals surface area contributed by atoms with Gasteiger partial charge in [0.25, 0.3) is 0 Å². The van der Waals surface area contributed by atoms with Gasteiger partial charge in [0.2, 0.25) is 17.7 Å². The summed E-state index contributed by atoms with van der Waals surface area (Å²) in [5, 5.41) is 17.4. The molecule has 3 amide bonds. The van der Waals surface area contributed by atoms with Gasteiger partial charge in [-0.3, -0.25) is 23.9 Å². The first-order chi connectivity index (χ1) is 17.2. The molecule has 1 heterocycles. The summed E-state index contributed by atoms with van der Waals surface area (Å²) in [5.74, 6) is -4.77. The van der Waals surface area contributed by atoms with Gasteiger partial charge in [-0.1, -0.05) is 26.0 Å². The molecule has 1 fully saturated rings. The number of ketones is 1. The van der Waals surface area contributed by atoms with Gasteiger partial charge in [-0.2, -0.15) is 0 Å². The van der Waals surface area contributed by atoms with Gasteiger partial charge in [0.1, 0.15) is 24.6 Å². The molecule has 206 valence electrons. The Labute approximate surface area is 211 Å². The number of hydrogen-bond acceptors (Lipinski definition) is 6. The zero-order valence-electron chi connectivity index (χ0n) is 20.4. The first kappa shape index (κ1) is 30.2. The molecule has 1 aliphatic heterocycles. The third-order valence-corrected chi connectivity index (χ3v) is 5.73. The van der Waals surface area contributed by atoms with Gasteiger partial charge in [0.05, 0.1) is 6.04 Å². The third kappa shape index (κ3) is 10.4. The number of carbonyl (C=O) groups excluding carboxylic acids is 4. The average molecular weight is 534 g/mol. The number of hydrogen-bond donors (Lipinski definition) is 4. The molecule has 0 spiro atoms. The monoisotopic (exact) mass is 533 g/mol. The van der Waals surface area contributed by atoms with E-state index in [4.69, 9.17) is 0 Å². The summed E-state index contributed by atoms with van der Waals surface area (Å²) in [6.45, 7) is 2.46. The highest BCUT2D eigenvalue weighted by molar-refractivity contribution is 5.94. The van der Waals surface area contributed by atoms with E-state index in [0.717, 1.165) is 6.07 Å². The largest absolute Gasteiger partial charge is 0.522 e. The van der Waals surface area contributed by atoms with Crippen molar-refractivity contribution in [1.82, 2.24) is 16.0 Å². The molecule has 0 aromatic heterocycles. The summed E-state index contributed by atoms with van der Waals surface area (Å²) in [6.07, 6.45) is -6.67. The lowest BCUT2D eigenvalue weighted by atomic mass is 9.95. The molecule has 4 N–H and O–H groups in total. The van der Waals surface area contributed by atoms with Crippen LogP contribution in [0.1, 0.15) is 38.7 Å². The van der Waals surface area contributed by atoms with Crippen LogP contribution in [0.2, 0.25) is 0 Å². The number of amides is 3. The van der Waals surface area contributed by atoms with Crippen LogP contribution in [0.5, 0.6) is 0 Å². The van der Waals surface area contributed by atoms with Crippen LogP contribution in [0.4, 0.5) is 17.6 Å². The molecule has 0 saturated carbocycles. The second kappa shape index (κ2) is 13.5. The van der Waals surface area contributed by atoms with Gasteiger partial charge < -0.3 is 21.1 Å². The molecular weight excluding hydrogens is 502 g/mol. The lowest BCUT2D eigenvalue weighted by Gasteiger charge is -2.25. The fourth-order valence-electron chi connectivity index (χ4n) is 3.88. The maximum atomic E-state index is 13.7. The van der Waals surface area contributed by atoms with E-state index in [2.05, 4.69) is 20.7 Å². The molecule has 0 unspecified atom stereocenters. The number of alkyl halides is 3. The van der Waals surface area contributed by atoms with Crippen molar-refractivity contribution in [3.63, 3.8) is 0 Å². The van der Waals surface area contributed by atoms with E-state index in [1.165, 1.54) is 18.2 Å². The normalized spacial score (nSPS) is 18.2. The van der Waals surface area contributed by atoms with Crippen LogP contribution < -0.4 is 16.0 Å². The van der Waals surface area contributed by atoms with E-state index in [9.17, 15) is 41.8 Å². The van der Waals surface area contributed by atoms with Gasteiger partial charge in [0, 0.05) is 18.9 Å². The van der Waals surface area contributed by atoms with Crippen molar-refractivity contribution in [2.75, 3.05) is 13.2 Å². The second-order valence-electron chi connectivity index (χ2n) is 9.31. The molecule has 0 radical (unpaired) electrons. The molecular formula is C24H31F4N3O6. The molecule has 1 aliphatic rings. The number of nitrogens with one attached hydrogen (secondary N) is 3. The Bertz CT molecular complexity index is 972. The minimum Gasteiger partial charge on any atom is -0.383 e. The van der Waals surface area contributed by atoms with Crippen molar-refractivity contribution in [2.45, 2.75) is 64.1 Å². The summed E-state index contributed by atoms with van der Waals surface area (Å²) in [5.41, 5.74) is 0.303. The number of ether oxygens (including phenoxy) is 1. The first-order valence-electron chi connectivity index (χ1n) is 11.8. The molecule has 1 saturated heterocycles. The van der Waals surface area contributed by atoms with Gasteiger partial charge in [-0.15, -0.1) is 13.2 Å². The van der Waals surface area contributed by atoms with E-state index >= 15 is 0 Å². The van der Waals surface area contributed by atoms with Crippen molar-refractivity contribution in [3.8, 4) is 0 Å². The summed E-state index contributed by atoms with van der Waals surface area (Å²) in [4.78, 5) is 50.2. The summed E-state index contributed by atoms with van der Waals surface area (Å²) in [6, 6.07) is 2.23. The minimum atomic E-state index is -5.09. The molecule has 2 rings (SSSR count). The Kier molecular flexibility index (Phi) is 11.0. The van der Waals surface area contributed by atoms with Gasteiger partial charge in [-0.25, -0.2) is 4.39 Å². The van der Waals surface area contributed by atoms with Crippen LogP contribution in [0.3, 0.4) is 0 Å². The van der Waals surface area contributed by atoms with Gasteiger partial charge >= 0.3 is 6.36 Å². The number of halogens is 4. The van der Waals surface area contributed by atoms with E-state index in [0.29, 0.717) is 18.5 Å². The Balaban J connectivity index is 2.24. The summed E-state index contributed by atoms with van der Waals surface area (Å²) in [7, 11) is 0. The van der Waals surface area contributed by atoms with Crippen molar-refractivity contribution >= 4 is 23.5 Å². The molecule has 0 bridgehead atoms. The van der Waals surface area contributed by atoms with Crippen LogP contribution in [-0.2, 0) is 30.3 Å². The molecule has 13 heteroatoms. The predicted molar refractivity (Wildman–Crippen MR) is 122 cm³/mol. The fraction of sp³-hybridized carbons (Fsp3) is 0.583. The Morgan fingerprint density at radius 3 is 2.41 bits per heavy atom. The van der Waals surface area contributed by atoms with Crippen molar-refractivity contribution in [1.29, 1.82) is 0 Å². The number of aliphatic hydroxyl groups excluding tert-OH is 1. The Hall–Kier alpha value is -3.06. The molecule has 4 atom stereocenters. The second-order valence-corrected chi connectivity index (χ2v) is 9.31. The molecule has 1 aromatic carbocycles. The van der Waals surface area contributed by atoms with Crippen LogP contribution in [0.25, 0.3) is 0 Å². The van der Waals surface area contributed by atoms with Crippen molar-refractivity contribution < 1.29 is 46.6 Å². The average Bonchev–Trinajstić information content (AvgIpc) is 3.19. The highest BCUT2D eigenvalue weighted by atomic mass is 19.4. The van der Waals surface area contributed by atoms with E-state index in [-0.39, 0.29) is 25.2 Å². The van der Waals surface area contributed by atoms with Crippen LogP contribution >= 0.6 is 0 Å². The SMILES string of the molecule is CC(C)C[C@@H](O)C(=O)N[C@@H](Cc1cccc(F)c1)C(=O)N[C@@H](C[C@@H]1CCNC1=O)C(=O)COC(F)(F)F. The van der Waals surface area contributed by atoms with Crippen LogP contribution in [-0.4, -0.2) is 66.3 Å². The highest BCUT2D eigenvalue weighted by Crippen LogP contribution is 2.20. The van der Waals surface area contributed by atoms with E-state index < -0.39 is 66.4 Å². The zero-order chi connectivity index (χ0) is 27.8. The molecule has 1 aromatic rings. The van der Waals surface area contributed by atoms with E-state index in [1.807, 2.05) is 0 Å². The highest BCUT2D eigenvalue weighted by Gasteiger charge is 2.36. The molecule has 37 heavy (non-hydrogen) atoms. The van der Waals surface area contributed by atoms with E-state index in [1.54, 1.807) is 13.8 Å². The van der Waals surface area contributed by atoms with Crippen molar-refractivity contribution in [2.24, 2.45) is 11.8 Å². The van der Waals surface area contributed by atoms with Crippen molar-refractivity contribution in [3.05, 3.63) is 35.6 Å². The summed E-state index contributed by atoms with van der Waals surface area (Å²) < 4.78 is 54.8.